The SMILES string of the molecule is Cc1ccc(NC(=O)CSc2nc3ccc(N4C(=O)c5ccccc5C4=O)cc3s2)c(C)c1. The lowest BCUT2D eigenvalue weighted by atomic mass is 10.1. The number of carbonyl (C=O) groups excluding carboxylic acids is 3. The number of carbonyl (C=O) groups is 3. The van der Waals surface area contributed by atoms with Crippen LogP contribution in [-0.4, -0.2) is 28.5 Å². The highest BCUT2D eigenvalue weighted by molar-refractivity contribution is 8.01. The number of rotatable bonds is 5. The van der Waals surface area contributed by atoms with Gasteiger partial charge in [-0.3, -0.25) is 14.4 Å². The molecule has 4 aromatic rings. The predicted molar refractivity (Wildman–Crippen MR) is 132 cm³/mol. The molecule has 0 saturated carbocycles. The van der Waals surface area contributed by atoms with Gasteiger partial charge in [0.05, 0.1) is 32.8 Å². The molecule has 0 radical (unpaired) electrons. The molecule has 0 fully saturated rings. The van der Waals surface area contributed by atoms with Crippen molar-refractivity contribution in [2.45, 2.75) is 18.2 Å². The minimum absolute atomic E-state index is 0.0991. The summed E-state index contributed by atoms with van der Waals surface area (Å²) < 4.78 is 1.60. The summed E-state index contributed by atoms with van der Waals surface area (Å²) in [5.74, 6) is -0.509. The number of fused-ring (bicyclic) bond motifs is 2. The molecule has 0 unspecified atom stereocenters. The molecule has 1 aliphatic rings. The van der Waals surface area contributed by atoms with Crippen LogP contribution in [0, 0.1) is 13.8 Å². The van der Waals surface area contributed by atoms with Crippen molar-refractivity contribution in [3.63, 3.8) is 0 Å². The smallest absolute Gasteiger partial charge is 0.266 e. The van der Waals surface area contributed by atoms with Crippen molar-refractivity contribution in [2.24, 2.45) is 0 Å². The molecule has 0 bridgehead atoms. The second kappa shape index (κ2) is 8.46. The molecule has 1 aromatic heterocycles. The fraction of sp³-hybridized carbons (Fsp3) is 0.120. The minimum atomic E-state index is -0.322. The number of thioether (sulfide) groups is 1. The van der Waals surface area contributed by atoms with Crippen LogP contribution in [0.2, 0.25) is 0 Å². The number of aryl methyl sites for hydroxylation is 2. The number of nitrogens with zero attached hydrogens (tertiary/aromatic N) is 2. The van der Waals surface area contributed by atoms with E-state index in [1.165, 1.54) is 28.0 Å². The quantitative estimate of drug-likeness (QED) is 0.308. The van der Waals surface area contributed by atoms with E-state index in [4.69, 9.17) is 0 Å². The molecule has 0 saturated heterocycles. The maximum Gasteiger partial charge on any atom is 0.266 e. The molecule has 0 aliphatic carbocycles. The first-order valence-electron chi connectivity index (χ1n) is 10.3. The highest BCUT2D eigenvalue weighted by atomic mass is 32.2. The van der Waals surface area contributed by atoms with Gasteiger partial charge in [0.2, 0.25) is 5.91 Å². The number of hydrogen-bond donors (Lipinski definition) is 1. The predicted octanol–water partition coefficient (Wildman–Crippen LogP) is 5.44. The van der Waals surface area contributed by atoms with Gasteiger partial charge in [0.1, 0.15) is 0 Å². The van der Waals surface area contributed by atoms with E-state index in [-0.39, 0.29) is 23.5 Å². The maximum atomic E-state index is 12.8. The van der Waals surface area contributed by atoms with Crippen molar-refractivity contribution in [1.82, 2.24) is 4.98 Å². The molecule has 5 rings (SSSR count). The van der Waals surface area contributed by atoms with E-state index < -0.39 is 0 Å². The van der Waals surface area contributed by atoms with Gasteiger partial charge in [-0.2, -0.15) is 0 Å². The molecule has 2 heterocycles. The van der Waals surface area contributed by atoms with Gasteiger partial charge in [0.15, 0.2) is 4.34 Å². The largest absolute Gasteiger partial charge is 0.325 e. The zero-order chi connectivity index (χ0) is 23.1. The third-order valence-corrected chi connectivity index (χ3v) is 7.55. The summed E-state index contributed by atoms with van der Waals surface area (Å²) in [6.07, 6.45) is 0. The Labute approximate surface area is 198 Å². The summed E-state index contributed by atoms with van der Waals surface area (Å²) >= 11 is 2.79. The van der Waals surface area contributed by atoms with E-state index in [2.05, 4.69) is 10.3 Å². The average Bonchev–Trinajstić information content (AvgIpc) is 3.32. The Hall–Kier alpha value is -3.49. The fourth-order valence-corrected chi connectivity index (χ4v) is 5.69. The Morgan fingerprint density at radius 2 is 1.73 bits per heavy atom. The van der Waals surface area contributed by atoms with Crippen LogP contribution in [0.3, 0.4) is 0 Å². The first-order valence-corrected chi connectivity index (χ1v) is 12.1. The molecule has 3 aromatic carbocycles. The Bertz CT molecular complexity index is 1410. The van der Waals surface area contributed by atoms with Crippen molar-refractivity contribution in [3.8, 4) is 0 Å². The highest BCUT2D eigenvalue weighted by Gasteiger charge is 2.36. The molecular weight excluding hydrogens is 454 g/mol. The number of hydrogen-bond acceptors (Lipinski definition) is 6. The van der Waals surface area contributed by atoms with Gasteiger partial charge in [-0.05, 0) is 55.8 Å². The van der Waals surface area contributed by atoms with Gasteiger partial charge in [0, 0.05) is 5.69 Å². The lowest BCUT2D eigenvalue weighted by molar-refractivity contribution is -0.113. The average molecular weight is 474 g/mol. The molecule has 1 N–H and O–H groups in total. The Morgan fingerprint density at radius 3 is 2.42 bits per heavy atom. The number of amides is 3. The molecule has 164 valence electrons. The zero-order valence-corrected chi connectivity index (χ0v) is 19.5. The van der Waals surface area contributed by atoms with Crippen LogP contribution < -0.4 is 10.2 Å². The first-order chi connectivity index (χ1) is 15.9. The van der Waals surface area contributed by atoms with Gasteiger partial charge in [0.25, 0.3) is 11.8 Å². The van der Waals surface area contributed by atoms with Crippen molar-refractivity contribution in [1.29, 1.82) is 0 Å². The van der Waals surface area contributed by atoms with Crippen molar-refractivity contribution in [2.75, 3.05) is 16.0 Å². The normalized spacial score (nSPS) is 13.0. The molecule has 0 atom stereocenters. The highest BCUT2D eigenvalue weighted by Crippen LogP contribution is 2.35. The number of aromatic nitrogens is 1. The van der Waals surface area contributed by atoms with Crippen molar-refractivity contribution in [3.05, 3.63) is 82.9 Å². The number of nitrogens with one attached hydrogen (secondary N) is 1. The van der Waals surface area contributed by atoms with E-state index in [1.54, 1.807) is 42.5 Å². The number of thiazole rings is 1. The van der Waals surface area contributed by atoms with Gasteiger partial charge in [-0.1, -0.05) is 41.6 Å². The lowest BCUT2D eigenvalue weighted by Gasteiger charge is -2.13. The van der Waals surface area contributed by atoms with Gasteiger partial charge < -0.3 is 5.32 Å². The summed E-state index contributed by atoms with van der Waals surface area (Å²) in [7, 11) is 0. The van der Waals surface area contributed by atoms with Crippen LogP contribution in [0.25, 0.3) is 10.2 Å². The fourth-order valence-electron chi connectivity index (χ4n) is 3.78. The summed E-state index contributed by atoms with van der Waals surface area (Å²) in [6.45, 7) is 3.98. The van der Waals surface area contributed by atoms with E-state index in [0.717, 1.165) is 31.4 Å². The molecular formula is C25H19N3O3S2. The topological polar surface area (TPSA) is 79.4 Å². The molecule has 33 heavy (non-hydrogen) atoms. The van der Waals surface area contributed by atoms with Crippen LogP contribution in [0.1, 0.15) is 31.8 Å². The van der Waals surface area contributed by atoms with E-state index in [1.807, 2.05) is 32.0 Å². The van der Waals surface area contributed by atoms with Gasteiger partial charge in [-0.25, -0.2) is 9.88 Å². The molecule has 3 amide bonds. The van der Waals surface area contributed by atoms with Crippen molar-refractivity contribution >= 4 is 62.4 Å². The van der Waals surface area contributed by atoms with E-state index in [0.29, 0.717) is 16.8 Å². The van der Waals surface area contributed by atoms with Gasteiger partial charge >= 0.3 is 0 Å². The number of anilines is 2. The van der Waals surface area contributed by atoms with Crippen LogP contribution in [0.5, 0.6) is 0 Å². The minimum Gasteiger partial charge on any atom is -0.325 e. The number of imide groups is 1. The second-order valence-corrected chi connectivity index (χ2v) is 10.0. The Kier molecular flexibility index (Phi) is 5.47. The number of benzene rings is 3. The first kappa shape index (κ1) is 21.4. The summed E-state index contributed by atoms with van der Waals surface area (Å²) in [6, 6.07) is 18.1. The summed E-state index contributed by atoms with van der Waals surface area (Å²) in [5.41, 5.74) is 5.08. The Balaban J connectivity index is 1.30. The second-order valence-electron chi connectivity index (χ2n) is 7.78. The van der Waals surface area contributed by atoms with Crippen LogP contribution in [0.15, 0.2) is 65.0 Å². The standard InChI is InChI=1S/C25H19N3O3S2/c1-14-7-9-19(15(2)11-14)26-22(29)13-32-25-27-20-10-8-16(12-21(20)33-25)28-23(30)17-5-3-4-6-18(17)24(28)31/h3-12H,13H2,1-2H3,(H,26,29). The summed E-state index contributed by atoms with van der Waals surface area (Å²) in [5, 5.41) is 2.94. The Morgan fingerprint density at radius 1 is 1.00 bits per heavy atom. The molecule has 6 nitrogen and oxygen atoms in total. The summed E-state index contributed by atoms with van der Waals surface area (Å²) in [4.78, 5) is 43.7. The van der Waals surface area contributed by atoms with Gasteiger partial charge in [-0.15, -0.1) is 11.3 Å². The molecule has 8 heteroatoms. The maximum absolute atomic E-state index is 12.8. The van der Waals surface area contributed by atoms with Crippen LogP contribution in [-0.2, 0) is 4.79 Å². The van der Waals surface area contributed by atoms with Crippen molar-refractivity contribution < 1.29 is 14.4 Å². The molecule has 1 aliphatic heterocycles. The van der Waals surface area contributed by atoms with E-state index in [9.17, 15) is 14.4 Å². The molecule has 0 spiro atoms. The van der Waals surface area contributed by atoms with E-state index >= 15 is 0 Å². The van der Waals surface area contributed by atoms with Crippen LogP contribution >= 0.6 is 23.1 Å². The lowest BCUT2D eigenvalue weighted by Crippen LogP contribution is -2.29. The third kappa shape index (κ3) is 4.03. The van der Waals surface area contributed by atoms with Crippen LogP contribution in [0.4, 0.5) is 11.4 Å². The zero-order valence-electron chi connectivity index (χ0n) is 17.9. The monoisotopic (exact) mass is 473 g/mol. The third-order valence-electron chi connectivity index (χ3n) is 5.39.